The second kappa shape index (κ2) is 12.8. The maximum Gasteiger partial charge on any atom is 0.322 e. The van der Waals surface area contributed by atoms with Crippen molar-refractivity contribution in [2.75, 3.05) is 13.2 Å². The smallest absolute Gasteiger partial charge is 0.322 e. The van der Waals surface area contributed by atoms with E-state index in [-0.39, 0.29) is 12.5 Å². The number of imidazole rings is 1. The van der Waals surface area contributed by atoms with Crippen LogP contribution in [0.25, 0.3) is 0 Å². The molecule has 0 aliphatic carbocycles. The number of aromatic nitrogens is 2. The molecule has 1 aromatic rings. The molecule has 2 rings (SSSR count). The Labute approximate surface area is 149 Å². The number of aromatic amines is 1. The Kier molecular flexibility index (Phi) is 11.5. The lowest BCUT2D eigenvalue weighted by atomic mass is 10.2. The highest BCUT2D eigenvalue weighted by Crippen LogP contribution is 2.03. The quantitative estimate of drug-likeness (QED) is 0.261. The summed E-state index contributed by atoms with van der Waals surface area (Å²) in [5, 5.41) is 35.5. The summed E-state index contributed by atoms with van der Waals surface area (Å²) < 4.78 is 0. The van der Waals surface area contributed by atoms with Crippen LogP contribution in [0.3, 0.4) is 0 Å². The predicted molar refractivity (Wildman–Crippen MR) is 89.3 cm³/mol. The van der Waals surface area contributed by atoms with Gasteiger partial charge < -0.3 is 42.2 Å². The summed E-state index contributed by atoms with van der Waals surface area (Å²) in [5.41, 5.74) is 10.7. The van der Waals surface area contributed by atoms with E-state index in [2.05, 4.69) is 15.3 Å². The molecule has 2 unspecified atom stereocenters. The normalized spacial score (nSPS) is 17.7. The molecule has 1 aliphatic rings. The van der Waals surface area contributed by atoms with Gasteiger partial charge in [-0.1, -0.05) is 0 Å². The van der Waals surface area contributed by atoms with Crippen LogP contribution in [0.15, 0.2) is 12.5 Å². The zero-order chi connectivity index (χ0) is 20.1. The lowest BCUT2D eigenvalue weighted by Gasteiger charge is -2.01. The molecule has 10 N–H and O–H groups in total. The van der Waals surface area contributed by atoms with Crippen LogP contribution in [0, 0.1) is 0 Å². The fourth-order valence-electron chi connectivity index (χ4n) is 1.69. The molecule has 1 saturated heterocycles. The van der Waals surface area contributed by atoms with E-state index in [1.165, 1.54) is 6.33 Å². The maximum absolute atomic E-state index is 10.3. The molecular weight excluding hydrogens is 350 g/mol. The standard InChI is InChI=1S/C6H9N3O2.C5H9NO2.C3H7NO3/c7-5(6(10)11)1-4-2-8-3-9-4;7-5(8)4-2-1-3-6-4;4-2(1-5)3(6)7/h2-3,5H,1,7H2,(H,8,9)(H,10,11);4,6H,1-3H2,(H,7,8);2,5H,1,4H2,(H,6,7)/t;4-;/m.0./s1. The molecule has 26 heavy (non-hydrogen) atoms. The number of nitrogens with zero attached hydrogens (tertiary/aromatic N) is 1. The van der Waals surface area contributed by atoms with Crippen LogP contribution in [-0.2, 0) is 20.8 Å². The molecule has 1 aromatic heterocycles. The summed E-state index contributed by atoms with van der Waals surface area (Å²) in [6.45, 7) is 0.353. The lowest BCUT2D eigenvalue weighted by Crippen LogP contribution is -2.33. The molecule has 1 fully saturated rings. The minimum Gasteiger partial charge on any atom is -0.480 e. The highest BCUT2D eigenvalue weighted by atomic mass is 16.4. The number of aliphatic hydroxyl groups is 1. The Hall–Kier alpha value is -2.54. The third kappa shape index (κ3) is 10.4. The van der Waals surface area contributed by atoms with Gasteiger partial charge in [0.1, 0.15) is 18.1 Å². The van der Waals surface area contributed by atoms with Crippen molar-refractivity contribution in [3.63, 3.8) is 0 Å². The van der Waals surface area contributed by atoms with E-state index in [1.54, 1.807) is 6.20 Å². The van der Waals surface area contributed by atoms with E-state index >= 15 is 0 Å². The van der Waals surface area contributed by atoms with Crippen LogP contribution in [0.5, 0.6) is 0 Å². The first-order valence-corrected chi connectivity index (χ1v) is 7.70. The third-order valence-electron chi connectivity index (χ3n) is 3.17. The summed E-state index contributed by atoms with van der Waals surface area (Å²) in [6, 6.07) is -2.26. The summed E-state index contributed by atoms with van der Waals surface area (Å²) in [6.07, 6.45) is 5.16. The fourth-order valence-corrected chi connectivity index (χ4v) is 1.69. The first kappa shape index (κ1) is 23.5. The van der Waals surface area contributed by atoms with Crippen molar-refractivity contribution in [3.8, 4) is 0 Å². The number of hydrogen-bond acceptors (Lipinski definition) is 8. The SMILES string of the molecule is NC(CO)C(=O)O.NC(Cc1c[nH]cn1)C(=O)O.O=C(O)[C@@H]1CCCN1. The van der Waals surface area contributed by atoms with Gasteiger partial charge in [0.2, 0.25) is 0 Å². The van der Waals surface area contributed by atoms with Crippen LogP contribution >= 0.6 is 0 Å². The maximum atomic E-state index is 10.3. The van der Waals surface area contributed by atoms with E-state index in [0.29, 0.717) is 5.69 Å². The van der Waals surface area contributed by atoms with Crippen LogP contribution in [0.2, 0.25) is 0 Å². The molecule has 1 aliphatic heterocycles. The minimum atomic E-state index is -1.18. The number of hydrogen-bond donors (Lipinski definition) is 8. The van der Waals surface area contributed by atoms with Gasteiger partial charge in [0, 0.05) is 12.6 Å². The zero-order valence-corrected chi connectivity index (χ0v) is 14.0. The average Bonchev–Trinajstić information content (AvgIpc) is 3.28. The van der Waals surface area contributed by atoms with Crippen LogP contribution < -0.4 is 16.8 Å². The Morgan fingerprint density at radius 2 is 1.81 bits per heavy atom. The molecule has 0 spiro atoms. The number of carboxylic acid groups (broad SMARTS) is 3. The summed E-state index contributed by atoms with van der Waals surface area (Å²) in [7, 11) is 0. The Morgan fingerprint density at radius 1 is 1.19 bits per heavy atom. The van der Waals surface area contributed by atoms with Crippen LogP contribution in [0.1, 0.15) is 18.5 Å². The van der Waals surface area contributed by atoms with Gasteiger partial charge in [-0.05, 0) is 19.4 Å². The number of aliphatic carboxylic acids is 3. The van der Waals surface area contributed by atoms with Gasteiger partial charge in [0.25, 0.3) is 0 Å². The van der Waals surface area contributed by atoms with E-state index in [9.17, 15) is 14.4 Å². The van der Waals surface area contributed by atoms with E-state index in [4.69, 9.17) is 31.9 Å². The number of rotatable bonds is 6. The van der Waals surface area contributed by atoms with Gasteiger partial charge >= 0.3 is 17.9 Å². The van der Waals surface area contributed by atoms with Gasteiger partial charge in [-0.2, -0.15) is 0 Å². The predicted octanol–water partition coefficient (Wildman–Crippen LogP) is -2.42. The Bertz CT molecular complexity index is 546. The Morgan fingerprint density at radius 3 is 2.08 bits per heavy atom. The van der Waals surface area contributed by atoms with Gasteiger partial charge in [0.05, 0.1) is 18.6 Å². The molecule has 0 bridgehead atoms. The molecule has 0 radical (unpaired) electrons. The van der Waals surface area contributed by atoms with Gasteiger partial charge in [-0.25, -0.2) is 4.98 Å². The summed E-state index contributed by atoms with van der Waals surface area (Å²) in [5.74, 6) is -2.90. The number of nitrogens with one attached hydrogen (secondary N) is 2. The first-order valence-electron chi connectivity index (χ1n) is 7.70. The zero-order valence-electron chi connectivity index (χ0n) is 14.0. The summed E-state index contributed by atoms with van der Waals surface area (Å²) >= 11 is 0. The van der Waals surface area contributed by atoms with Crippen molar-refractivity contribution < 1.29 is 34.8 Å². The number of aliphatic hydroxyl groups excluding tert-OH is 1. The molecule has 12 nitrogen and oxygen atoms in total. The van der Waals surface area contributed by atoms with Crippen molar-refractivity contribution in [1.29, 1.82) is 0 Å². The average molecular weight is 375 g/mol. The molecule has 0 saturated carbocycles. The van der Waals surface area contributed by atoms with Gasteiger partial charge in [-0.3, -0.25) is 14.4 Å². The highest BCUT2D eigenvalue weighted by Gasteiger charge is 2.20. The monoisotopic (exact) mass is 375 g/mol. The topological polar surface area (TPSA) is 225 Å². The van der Waals surface area contributed by atoms with Gasteiger partial charge in [0.15, 0.2) is 0 Å². The molecule has 3 atom stereocenters. The summed E-state index contributed by atoms with van der Waals surface area (Å²) in [4.78, 5) is 36.6. The Balaban J connectivity index is 0.000000373. The second-order valence-corrected chi connectivity index (χ2v) is 5.32. The van der Waals surface area contributed by atoms with Crippen LogP contribution in [-0.4, -0.2) is 79.6 Å². The molecule has 2 heterocycles. The number of carbonyl (C=O) groups is 3. The van der Waals surface area contributed by atoms with Crippen LogP contribution in [0.4, 0.5) is 0 Å². The minimum absolute atomic E-state index is 0.263. The van der Waals surface area contributed by atoms with Crippen molar-refractivity contribution >= 4 is 17.9 Å². The number of nitrogens with two attached hydrogens (primary N) is 2. The van der Waals surface area contributed by atoms with E-state index < -0.39 is 36.6 Å². The van der Waals surface area contributed by atoms with Crippen molar-refractivity contribution in [2.45, 2.75) is 37.4 Å². The van der Waals surface area contributed by atoms with Crippen molar-refractivity contribution in [3.05, 3.63) is 18.2 Å². The van der Waals surface area contributed by atoms with Gasteiger partial charge in [-0.15, -0.1) is 0 Å². The van der Waals surface area contributed by atoms with E-state index in [1.807, 2.05) is 0 Å². The first-order chi connectivity index (χ1) is 12.2. The van der Waals surface area contributed by atoms with E-state index in [0.717, 1.165) is 19.4 Å². The molecule has 0 amide bonds. The molecule has 12 heteroatoms. The second-order valence-electron chi connectivity index (χ2n) is 5.32. The molecule has 148 valence electrons. The lowest BCUT2D eigenvalue weighted by molar-refractivity contribution is -0.140. The fraction of sp³-hybridized carbons (Fsp3) is 0.571. The molecule has 0 aromatic carbocycles. The van der Waals surface area contributed by atoms with Crippen molar-refractivity contribution in [1.82, 2.24) is 15.3 Å². The number of carboxylic acids is 3. The molecular formula is C14H25N5O7. The number of H-pyrrole nitrogens is 1. The third-order valence-corrected chi connectivity index (χ3v) is 3.17. The highest BCUT2D eigenvalue weighted by molar-refractivity contribution is 5.74. The largest absolute Gasteiger partial charge is 0.480 e. The van der Waals surface area contributed by atoms with Crippen molar-refractivity contribution in [2.24, 2.45) is 11.5 Å².